The molecule has 0 amide bonds. The Kier molecular flexibility index (Phi) is 3.59. The zero-order valence-corrected chi connectivity index (χ0v) is 10.4. The van der Waals surface area contributed by atoms with Crippen molar-refractivity contribution in [2.45, 2.75) is 25.4 Å². The molecular weight excluding hydrogens is 218 g/mol. The van der Waals surface area contributed by atoms with Crippen molar-refractivity contribution in [2.75, 3.05) is 31.7 Å². The molecule has 1 aromatic rings. The van der Waals surface area contributed by atoms with Crippen LogP contribution in [0.3, 0.4) is 0 Å². The molecule has 94 valence electrons. The molecule has 2 heterocycles. The number of rotatable bonds is 3. The van der Waals surface area contributed by atoms with E-state index >= 15 is 0 Å². The third kappa shape index (κ3) is 2.92. The quantitative estimate of drug-likeness (QED) is 0.841. The van der Waals surface area contributed by atoms with Crippen LogP contribution >= 0.6 is 0 Å². The Hall–Kier alpha value is -1.20. The summed E-state index contributed by atoms with van der Waals surface area (Å²) in [4.78, 5) is 10.5. The average Bonchev–Trinajstić information content (AvgIpc) is 2.29. The molecule has 1 aromatic heterocycles. The van der Waals surface area contributed by atoms with E-state index in [1.54, 1.807) is 12.4 Å². The second-order valence-corrected chi connectivity index (χ2v) is 4.66. The van der Waals surface area contributed by atoms with Crippen molar-refractivity contribution in [1.29, 1.82) is 0 Å². The molecule has 2 rings (SSSR count). The minimum Gasteiger partial charge on any atom is -0.388 e. The summed E-state index contributed by atoms with van der Waals surface area (Å²) in [6.45, 7) is 3.75. The van der Waals surface area contributed by atoms with Crippen LogP contribution in [0, 0.1) is 6.92 Å². The summed E-state index contributed by atoms with van der Waals surface area (Å²) in [7, 11) is 1.93. The lowest BCUT2D eigenvalue weighted by atomic mass is 9.94. The Balaban J connectivity index is 2.06. The molecule has 0 radical (unpaired) electrons. The van der Waals surface area contributed by atoms with Crippen LogP contribution in [0.4, 0.5) is 5.82 Å². The van der Waals surface area contributed by atoms with Crippen molar-refractivity contribution < 1.29 is 9.84 Å². The van der Waals surface area contributed by atoms with Crippen LogP contribution < -0.4 is 4.90 Å². The van der Waals surface area contributed by atoms with Gasteiger partial charge >= 0.3 is 0 Å². The van der Waals surface area contributed by atoms with Crippen LogP contribution in [-0.4, -0.2) is 47.5 Å². The fourth-order valence-corrected chi connectivity index (χ4v) is 2.20. The normalized spacial score (nSPS) is 19.0. The van der Waals surface area contributed by atoms with Gasteiger partial charge in [-0.05, 0) is 6.92 Å². The SMILES string of the molecule is Cc1nccnc1N(C)CC1(O)CCOCC1. The van der Waals surface area contributed by atoms with Gasteiger partial charge in [-0.3, -0.25) is 4.98 Å². The first kappa shape index (κ1) is 12.3. The van der Waals surface area contributed by atoms with E-state index in [4.69, 9.17) is 4.74 Å². The molecule has 1 saturated heterocycles. The van der Waals surface area contributed by atoms with Gasteiger partial charge < -0.3 is 14.7 Å². The molecule has 1 aliphatic heterocycles. The van der Waals surface area contributed by atoms with Gasteiger partial charge in [0.05, 0.1) is 11.3 Å². The van der Waals surface area contributed by atoms with Gasteiger partial charge in [0.15, 0.2) is 0 Å². The highest BCUT2D eigenvalue weighted by Gasteiger charge is 2.31. The summed E-state index contributed by atoms with van der Waals surface area (Å²) in [6, 6.07) is 0. The molecule has 1 fully saturated rings. The molecule has 0 aromatic carbocycles. The van der Waals surface area contributed by atoms with E-state index in [-0.39, 0.29) is 0 Å². The Morgan fingerprint density at radius 1 is 1.35 bits per heavy atom. The molecule has 1 N–H and O–H groups in total. The second kappa shape index (κ2) is 4.98. The number of ether oxygens (including phenoxy) is 1. The summed E-state index contributed by atoms with van der Waals surface area (Å²) >= 11 is 0. The molecule has 1 aliphatic rings. The summed E-state index contributed by atoms with van der Waals surface area (Å²) in [5, 5.41) is 10.4. The zero-order valence-electron chi connectivity index (χ0n) is 10.4. The highest BCUT2D eigenvalue weighted by atomic mass is 16.5. The van der Waals surface area contributed by atoms with Crippen LogP contribution in [0.2, 0.25) is 0 Å². The Bertz CT molecular complexity index is 378. The topological polar surface area (TPSA) is 58.5 Å². The number of nitrogens with zero attached hydrogens (tertiary/aromatic N) is 3. The van der Waals surface area contributed by atoms with E-state index in [0.29, 0.717) is 32.6 Å². The van der Waals surface area contributed by atoms with Crippen molar-refractivity contribution in [2.24, 2.45) is 0 Å². The fourth-order valence-electron chi connectivity index (χ4n) is 2.20. The second-order valence-electron chi connectivity index (χ2n) is 4.66. The van der Waals surface area contributed by atoms with Crippen molar-refractivity contribution in [3.05, 3.63) is 18.1 Å². The fraction of sp³-hybridized carbons (Fsp3) is 0.667. The van der Waals surface area contributed by atoms with E-state index in [2.05, 4.69) is 9.97 Å². The number of aliphatic hydroxyl groups is 1. The number of likely N-dealkylation sites (N-methyl/N-ethyl adjacent to an activating group) is 1. The first-order valence-electron chi connectivity index (χ1n) is 5.90. The van der Waals surface area contributed by atoms with Gasteiger partial charge in [0.1, 0.15) is 5.82 Å². The molecule has 0 bridgehead atoms. The first-order valence-corrected chi connectivity index (χ1v) is 5.90. The molecular formula is C12H19N3O2. The van der Waals surface area contributed by atoms with Gasteiger partial charge in [0.25, 0.3) is 0 Å². The van der Waals surface area contributed by atoms with E-state index in [9.17, 15) is 5.11 Å². The van der Waals surface area contributed by atoms with Gasteiger partial charge in [0.2, 0.25) is 0 Å². The minimum absolute atomic E-state index is 0.565. The highest BCUT2D eigenvalue weighted by Crippen LogP contribution is 2.23. The molecule has 5 heteroatoms. The number of hydrogen-bond acceptors (Lipinski definition) is 5. The van der Waals surface area contributed by atoms with E-state index in [1.807, 2.05) is 18.9 Å². The van der Waals surface area contributed by atoms with Gasteiger partial charge in [-0.25, -0.2) is 4.98 Å². The maximum atomic E-state index is 10.4. The number of aromatic nitrogens is 2. The summed E-state index contributed by atoms with van der Waals surface area (Å²) in [5.41, 5.74) is 0.211. The van der Waals surface area contributed by atoms with Gasteiger partial charge in [-0.1, -0.05) is 0 Å². The molecule has 17 heavy (non-hydrogen) atoms. The largest absolute Gasteiger partial charge is 0.388 e. The van der Waals surface area contributed by atoms with Crippen LogP contribution in [-0.2, 0) is 4.74 Å². The first-order chi connectivity index (χ1) is 8.11. The van der Waals surface area contributed by atoms with Crippen molar-refractivity contribution in [3.63, 3.8) is 0 Å². The van der Waals surface area contributed by atoms with Crippen LogP contribution in [0.15, 0.2) is 12.4 Å². The lowest BCUT2D eigenvalue weighted by Gasteiger charge is -2.36. The highest BCUT2D eigenvalue weighted by molar-refractivity contribution is 5.41. The molecule has 0 atom stereocenters. The summed E-state index contributed by atoms with van der Waals surface area (Å²) < 4.78 is 5.27. The van der Waals surface area contributed by atoms with Gasteiger partial charge in [0, 0.05) is 52.0 Å². The molecule has 0 spiro atoms. The summed E-state index contributed by atoms with van der Waals surface area (Å²) in [5.74, 6) is 0.826. The van der Waals surface area contributed by atoms with Crippen LogP contribution in [0.5, 0.6) is 0 Å². The molecule has 5 nitrogen and oxygen atoms in total. The Morgan fingerprint density at radius 3 is 2.65 bits per heavy atom. The zero-order chi connectivity index (χ0) is 12.3. The molecule has 0 saturated carbocycles. The van der Waals surface area contributed by atoms with Crippen molar-refractivity contribution in [3.8, 4) is 0 Å². The third-order valence-electron chi connectivity index (χ3n) is 3.17. The third-order valence-corrected chi connectivity index (χ3v) is 3.17. The van der Waals surface area contributed by atoms with Crippen molar-refractivity contribution >= 4 is 5.82 Å². The lowest BCUT2D eigenvalue weighted by molar-refractivity contribution is -0.0573. The monoisotopic (exact) mass is 237 g/mol. The summed E-state index contributed by atoms with van der Waals surface area (Å²) in [6.07, 6.45) is 4.70. The van der Waals surface area contributed by atoms with Gasteiger partial charge in [-0.15, -0.1) is 0 Å². The maximum Gasteiger partial charge on any atom is 0.149 e. The standard InChI is InChI=1S/C12H19N3O2/c1-10-11(14-6-5-13-10)15(2)9-12(16)3-7-17-8-4-12/h5-6,16H,3-4,7-9H2,1-2H3. The minimum atomic E-state index is -0.670. The molecule has 0 aliphatic carbocycles. The smallest absolute Gasteiger partial charge is 0.149 e. The van der Waals surface area contributed by atoms with Crippen LogP contribution in [0.1, 0.15) is 18.5 Å². The van der Waals surface area contributed by atoms with E-state index in [0.717, 1.165) is 11.5 Å². The maximum absolute atomic E-state index is 10.4. The van der Waals surface area contributed by atoms with Crippen molar-refractivity contribution in [1.82, 2.24) is 9.97 Å². The Morgan fingerprint density at radius 2 is 2.00 bits per heavy atom. The number of anilines is 1. The van der Waals surface area contributed by atoms with Crippen LogP contribution in [0.25, 0.3) is 0 Å². The predicted octanol–water partition coefficient (Wildman–Crippen LogP) is 0.763. The average molecular weight is 237 g/mol. The lowest BCUT2D eigenvalue weighted by Crippen LogP contribution is -2.46. The van der Waals surface area contributed by atoms with E-state index < -0.39 is 5.60 Å². The molecule has 0 unspecified atom stereocenters. The van der Waals surface area contributed by atoms with E-state index in [1.165, 1.54) is 0 Å². The van der Waals surface area contributed by atoms with Gasteiger partial charge in [-0.2, -0.15) is 0 Å². The Labute approximate surface area is 101 Å². The number of aryl methyl sites for hydroxylation is 1. The number of hydrogen-bond donors (Lipinski definition) is 1. The predicted molar refractivity (Wildman–Crippen MR) is 65.0 cm³/mol.